The summed E-state index contributed by atoms with van der Waals surface area (Å²) in [5.41, 5.74) is 0.798. The van der Waals surface area contributed by atoms with E-state index in [4.69, 9.17) is 4.74 Å². The van der Waals surface area contributed by atoms with E-state index in [1.54, 1.807) is 19.3 Å². The van der Waals surface area contributed by atoms with Crippen LogP contribution in [0.5, 0.6) is 0 Å². The Morgan fingerprint density at radius 3 is 2.68 bits per heavy atom. The van der Waals surface area contributed by atoms with Gasteiger partial charge in [0.1, 0.15) is 6.10 Å². The van der Waals surface area contributed by atoms with Crippen molar-refractivity contribution in [2.45, 2.75) is 38.2 Å². The SMILES string of the molecule is COC1C=CC(C#CCCC[N+]2(C)CCCCC2)=CC1=O.[I-]. The third-order valence-corrected chi connectivity index (χ3v) is 4.41. The minimum Gasteiger partial charge on any atom is -1.00 e. The van der Waals surface area contributed by atoms with Crippen LogP contribution in [0.25, 0.3) is 0 Å². The van der Waals surface area contributed by atoms with Gasteiger partial charge in [0.2, 0.25) is 0 Å². The Labute approximate surface area is 151 Å². The van der Waals surface area contributed by atoms with Gasteiger partial charge >= 0.3 is 0 Å². The Hall–Kier alpha value is -0.640. The third-order valence-electron chi connectivity index (χ3n) is 4.41. The minimum atomic E-state index is -0.431. The summed E-state index contributed by atoms with van der Waals surface area (Å²) in [7, 11) is 3.91. The highest BCUT2D eigenvalue weighted by molar-refractivity contribution is 5.98. The van der Waals surface area contributed by atoms with Crippen molar-refractivity contribution in [3.05, 3.63) is 23.8 Å². The van der Waals surface area contributed by atoms with Gasteiger partial charge in [-0.25, -0.2) is 0 Å². The van der Waals surface area contributed by atoms with Crippen molar-refractivity contribution in [2.24, 2.45) is 0 Å². The normalized spacial score (nSPS) is 23.1. The van der Waals surface area contributed by atoms with Gasteiger partial charge in [-0.3, -0.25) is 4.79 Å². The monoisotopic (exact) mass is 415 g/mol. The van der Waals surface area contributed by atoms with E-state index in [9.17, 15) is 4.79 Å². The first kappa shape index (κ1) is 19.4. The molecule has 0 amide bonds. The maximum Gasteiger partial charge on any atom is 0.189 e. The van der Waals surface area contributed by atoms with Crippen molar-refractivity contribution in [1.29, 1.82) is 0 Å². The Balaban J connectivity index is 0.00000242. The third kappa shape index (κ3) is 5.86. The van der Waals surface area contributed by atoms with E-state index in [-0.39, 0.29) is 29.8 Å². The number of rotatable bonds is 4. The number of nitrogens with zero attached hydrogens (tertiary/aromatic N) is 1. The standard InChI is InChI=1S/C18H26NO2.HI/c1-19(13-7-4-8-14-19)12-6-3-5-9-16-10-11-18(21-2)17(20)15-16;/h10-11,15,18H,3-4,6-8,12-14H2,1-2H3;1H/q+1;/p-1. The lowest BCUT2D eigenvalue weighted by Crippen LogP contribution is -3.00. The van der Waals surface area contributed by atoms with Gasteiger partial charge in [-0.05, 0) is 37.5 Å². The van der Waals surface area contributed by atoms with Crippen LogP contribution >= 0.6 is 0 Å². The van der Waals surface area contributed by atoms with Crippen LogP contribution in [0.15, 0.2) is 23.8 Å². The summed E-state index contributed by atoms with van der Waals surface area (Å²) in [6.45, 7) is 3.84. The molecule has 1 atom stereocenters. The van der Waals surface area contributed by atoms with E-state index < -0.39 is 6.10 Å². The van der Waals surface area contributed by atoms with Crippen LogP contribution in [-0.2, 0) is 9.53 Å². The largest absolute Gasteiger partial charge is 1.00 e. The zero-order valence-electron chi connectivity index (χ0n) is 13.6. The van der Waals surface area contributed by atoms with Crippen molar-refractivity contribution in [3.63, 3.8) is 0 Å². The Morgan fingerprint density at radius 2 is 2.05 bits per heavy atom. The smallest absolute Gasteiger partial charge is 0.189 e. The number of piperidine rings is 1. The van der Waals surface area contributed by atoms with E-state index >= 15 is 0 Å². The highest BCUT2D eigenvalue weighted by Gasteiger charge is 2.23. The van der Waals surface area contributed by atoms with Crippen molar-refractivity contribution >= 4 is 5.78 Å². The van der Waals surface area contributed by atoms with E-state index in [1.807, 2.05) is 6.08 Å². The van der Waals surface area contributed by atoms with Crippen LogP contribution < -0.4 is 24.0 Å². The Morgan fingerprint density at radius 1 is 1.32 bits per heavy atom. The van der Waals surface area contributed by atoms with Crippen LogP contribution in [0.1, 0.15) is 32.1 Å². The molecule has 1 fully saturated rings. The molecule has 2 aliphatic rings. The maximum absolute atomic E-state index is 11.7. The van der Waals surface area contributed by atoms with Crippen LogP contribution in [0.4, 0.5) is 0 Å². The van der Waals surface area contributed by atoms with Gasteiger partial charge in [-0.1, -0.05) is 11.8 Å². The zero-order valence-corrected chi connectivity index (χ0v) is 15.8. The molecule has 0 N–H and O–H groups in total. The van der Waals surface area contributed by atoms with E-state index in [2.05, 4.69) is 18.9 Å². The molecule has 0 radical (unpaired) electrons. The summed E-state index contributed by atoms with van der Waals surface area (Å²) >= 11 is 0. The molecule has 3 nitrogen and oxygen atoms in total. The summed E-state index contributed by atoms with van der Waals surface area (Å²) < 4.78 is 6.25. The van der Waals surface area contributed by atoms with Gasteiger partial charge in [-0.2, -0.15) is 0 Å². The molecule has 1 heterocycles. The molecular weight excluding hydrogens is 389 g/mol. The number of carbonyl (C=O) groups excluding carboxylic acids is 1. The number of methoxy groups -OCH3 is 1. The lowest BCUT2D eigenvalue weighted by molar-refractivity contribution is -0.914. The van der Waals surface area contributed by atoms with Crippen molar-refractivity contribution < 1.29 is 38.0 Å². The molecule has 0 bridgehead atoms. The molecule has 0 aromatic rings. The fourth-order valence-corrected chi connectivity index (χ4v) is 3.05. The molecule has 2 rings (SSSR count). The van der Waals surface area contributed by atoms with Crippen LogP contribution in [0, 0.1) is 11.8 Å². The van der Waals surface area contributed by atoms with Crippen molar-refractivity contribution in [1.82, 2.24) is 0 Å². The summed E-state index contributed by atoms with van der Waals surface area (Å²) in [5.74, 6) is 6.26. The first-order valence-electron chi connectivity index (χ1n) is 7.92. The second kappa shape index (κ2) is 9.49. The number of halogens is 1. The molecule has 0 aromatic heterocycles. The Kier molecular flexibility index (Phi) is 8.37. The number of likely N-dealkylation sites (tertiary alicyclic amines) is 1. The van der Waals surface area contributed by atoms with E-state index in [0.29, 0.717) is 0 Å². The summed E-state index contributed by atoms with van der Waals surface area (Å²) in [6.07, 6.45) is 11.0. The zero-order chi connectivity index (χ0) is 15.1. The highest BCUT2D eigenvalue weighted by atomic mass is 127. The maximum atomic E-state index is 11.7. The number of hydrogen-bond acceptors (Lipinski definition) is 2. The number of hydrogen-bond donors (Lipinski definition) is 0. The molecule has 1 aliphatic carbocycles. The fraction of sp³-hybridized carbons (Fsp3) is 0.611. The van der Waals surface area contributed by atoms with Gasteiger partial charge < -0.3 is 33.2 Å². The van der Waals surface area contributed by atoms with E-state index in [0.717, 1.165) is 18.4 Å². The lowest BCUT2D eigenvalue weighted by Gasteiger charge is -2.37. The first-order chi connectivity index (χ1) is 10.1. The molecular formula is C18H26INO2. The summed E-state index contributed by atoms with van der Waals surface area (Å²) in [6, 6.07) is 0. The number of ketones is 1. The average molecular weight is 415 g/mol. The van der Waals surface area contributed by atoms with Gasteiger partial charge in [0.15, 0.2) is 5.78 Å². The van der Waals surface area contributed by atoms with Gasteiger partial charge in [0, 0.05) is 25.5 Å². The number of ether oxygens (including phenoxy) is 1. The van der Waals surface area contributed by atoms with Crippen molar-refractivity contribution in [2.75, 3.05) is 33.8 Å². The Bertz CT molecular complexity index is 493. The summed E-state index contributed by atoms with van der Waals surface area (Å²) in [4.78, 5) is 11.7. The van der Waals surface area contributed by atoms with E-state index in [1.165, 1.54) is 43.4 Å². The van der Waals surface area contributed by atoms with Gasteiger partial charge in [0.05, 0.1) is 26.7 Å². The first-order valence-corrected chi connectivity index (χ1v) is 7.92. The molecule has 1 aliphatic heterocycles. The molecule has 4 heteroatoms. The van der Waals surface area contributed by atoms with Gasteiger partial charge in [-0.15, -0.1) is 0 Å². The number of quaternary nitrogens is 1. The number of allylic oxidation sites excluding steroid dienone is 2. The van der Waals surface area contributed by atoms with Crippen LogP contribution in [0.2, 0.25) is 0 Å². The number of unbranched alkanes of at least 4 members (excludes halogenated alkanes) is 1. The molecule has 0 aromatic carbocycles. The predicted octanol–water partition coefficient (Wildman–Crippen LogP) is -0.515. The number of carbonyl (C=O) groups is 1. The molecule has 0 spiro atoms. The molecule has 122 valence electrons. The summed E-state index contributed by atoms with van der Waals surface area (Å²) in [5, 5.41) is 0. The van der Waals surface area contributed by atoms with Gasteiger partial charge in [0.25, 0.3) is 0 Å². The minimum absolute atomic E-state index is 0. The second-order valence-corrected chi connectivity index (χ2v) is 6.27. The lowest BCUT2D eigenvalue weighted by atomic mass is 10.0. The topological polar surface area (TPSA) is 26.3 Å². The van der Waals surface area contributed by atoms with Crippen molar-refractivity contribution in [3.8, 4) is 11.8 Å². The fourth-order valence-electron chi connectivity index (χ4n) is 3.05. The molecule has 22 heavy (non-hydrogen) atoms. The van der Waals surface area contributed by atoms with Crippen LogP contribution in [0.3, 0.4) is 0 Å². The molecule has 1 saturated heterocycles. The highest BCUT2D eigenvalue weighted by Crippen LogP contribution is 2.17. The molecule has 0 saturated carbocycles. The predicted molar refractivity (Wildman–Crippen MR) is 84.7 cm³/mol. The molecule has 1 unspecified atom stereocenters. The quantitative estimate of drug-likeness (QED) is 0.268. The van der Waals surface area contributed by atoms with Crippen LogP contribution in [-0.4, -0.2) is 50.2 Å². The second-order valence-electron chi connectivity index (χ2n) is 6.27. The average Bonchev–Trinajstić information content (AvgIpc) is 2.48.